The topological polar surface area (TPSA) is 75.6 Å². The van der Waals surface area contributed by atoms with Crippen molar-refractivity contribution in [2.45, 2.75) is 26.3 Å². The van der Waals surface area contributed by atoms with Gasteiger partial charge in [-0.05, 0) is 49.2 Å². The highest BCUT2D eigenvalue weighted by Crippen LogP contribution is 2.25. The Morgan fingerprint density at radius 2 is 1.84 bits per heavy atom. The van der Waals surface area contributed by atoms with Crippen LogP contribution in [0.3, 0.4) is 0 Å². The Bertz CT molecular complexity index is 1360. The standard InChI is InChI=1S/C25H23N5OS/c1-16-8-9-17(2)30(16)25-28-20(14-32-25)13-23(31)29-24(18-6-4-3-5-7-18)19-10-11-21-22(12-19)27-15-26-21/h3-12,14-15,24H,13H2,1-2H3,(H,26,27)(H,29,31). The van der Waals surface area contributed by atoms with E-state index in [0.717, 1.165) is 44.4 Å². The molecule has 0 saturated heterocycles. The van der Waals surface area contributed by atoms with Gasteiger partial charge in [-0.2, -0.15) is 0 Å². The quantitative estimate of drug-likeness (QED) is 0.395. The maximum Gasteiger partial charge on any atom is 0.226 e. The van der Waals surface area contributed by atoms with Crippen LogP contribution in [0.2, 0.25) is 0 Å². The smallest absolute Gasteiger partial charge is 0.226 e. The Morgan fingerprint density at radius 3 is 2.62 bits per heavy atom. The van der Waals surface area contributed by atoms with E-state index in [1.807, 2.05) is 53.9 Å². The molecule has 5 aromatic rings. The molecule has 0 bridgehead atoms. The molecule has 6 nitrogen and oxygen atoms in total. The number of hydrogen-bond donors (Lipinski definition) is 2. The molecule has 2 aromatic carbocycles. The van der Waals surface area contributed by atoms with Crippen molar-refractivity contribution in [3.8, 4) is 5.13 Å². The molecule has 0 fully saturated rings. The highest BCUT2D eigenvalue weighted by molar-refractivity contribution is 7.12. The van der Waals surface area contributed by atoms with Gasteiger partial charge in [-0.25, -0.2) is 9.97 Å². The number of rotatable bonds is 6. The van der Waals surface area contributed by atoms with Crippen molar-refractivity contribution in [2.24, 2.45) is 0 Å². The zero-order chi connectivity index (χ0) is 22.1. The fraction of sp³-hybridized carbons (Fsp3) is 0.160. The Hall–Kier alpha value is -3.71. The van der Waals surface area contributed by atoms with Crippen LogP contribution in [0.5, 0.6) is 0 Å². The van der Waals surface area contributed by atoms with Crippen molar-refractivity contribution >= 4 is 28.3 Å². The summed E-state index contributed by atoms with van der Waals surface area (Å²) in [6, 6.07) is 19.9. The Balaban J connectivity index is 1.39. The summed E-state index contributed by atoms with van der Waals surface area (Å²) in [5, 5.41) is 6.05. The lowest BCUT2D eigenvalue weighted by Gasteiger charge is -2.20. The summed E-state index contributed by atoms with van der Waals surface area (Å²) in [5.41, 5.74) is 6.90. The SMILES string of the molecule is Cc1ccc(C)n1-c1nc(CC(=O)NC(c2ccccc2)c2ccc3nc[nH]c3c2)cs1. The van der Waals surface area contributed by atoms with Crippen LogP contribution < -0.4 is 5.32 Å². The minimum absolute atomic E-state index is 0.0682. The first-order chi connectivity index (χ1) is 15.6. The van der Waals surface area contributed by atoms with Crippen molar-refractivity contribution < 1.29 is 4.79 Å². The Kier molecular flexibility index (Phi) is 5.33. The summed E-state index contributed by atoms with van der Waals surface area (Å²) in [4.78, 5) is 25.2. The van der Waals surface area contributed by atoms with Gasteiger partial charge in [0.1, 0.15) is 0 Å². The number of nitrogens with zero attached hydrogens (tertiary/aromatic N) is 3. The largest absolute Gasteiger partial charge is 0.345 e. The third-order valence-electron chi connectivity index (χ3n) is 5.56. The summed E-state index contributed by atoms with van der Waals surface area (Å²) < 4.78 is 2.11. The molecule has 3 heterocycles. The van der Waals surface area contributed by atoms with E-state index in [4.69, 9.17) is 4.98 Å². The van der Waals surface area contributed by atoms with Crippen LogP contribution in [0.15, 0.2) is 72.4 Å². The van der Waals surface area contributed by atoms with Crippen LogP contribution in [-0.2, 0) is 11.2 Å². The molecule has 0 radical (unpaired) electrons. The molecule has 0 aliphatic carbocycles. The van der Waals surface area contributed by atoms with Crippen LogP contribution in [0.25, 0.3) is 16.2 Å². The minimum Gasteiger partial charge on any atom is -0.345 e. The first kappa shape index (κ1) is 20.2. The van der Waals surface area contributed by atoms with Gasteiger partial charge in [-0.3, -0.25) is 9.36 Å². The number of aromatic amines is 1. The molecule has 7 heteroatoms. The number of carbonyl (C=O) groups excluding carboxylic acids is 1. The average Bonchev–Trinajstić information content (AvgIpc) is 3.52. The van der Waals surface area contributed by atoms with Gasteiger partial charge >= 0.3 is 0 Å². The predicted octanol–water partition coefficient (Wildman–Crippen LogP) is 4.88. The van der Waals surface area contributed by atoms with Gasteiger partial charge in [0, 0.05) is 16.8 Å². The van der Waals surface area contributed by atoms with Crippen molar-refractivity contribution in [3.63, 3.8) is 0 Å². The molecule has 0 spiro atoms. The molecule has 3 aromatic heterocycles. The second-order valence-corrected chi connectivity index (χ2v) is 8.68. The second kappa shape index (κ2) is 8.43. The van der Waals surface area contributed by atoms with Crippen LogP contribution in [-0.4, -0.2) is 25.4 Å². The molecule has 0 aliphatic rings. The van der Waals surface area contributed by atoms with Crippen molar-refractivity contribution in [1.29, 1.82) is 0 Å². The Morgan fingerprint density at radius 1 is 1.06 bits per heavy atom. The maximum absolute atomic E-state index is 13.0. The third kappa shape index (κ3) is 3.94. The highest BCUT2D eigenvalue weighted by Gasteiger charge is 2.19. The normalized spacial score (nSPS) is 12.2. The summed E-state index contributed by atoms with van der Waals surface area (Å²) in [7, 11) is 0. The number of fused-ring (bicyclic) bond motifs is 1. The molecule has 5 rings (SSSR count). The number of benzene rings is 2. The van der Waals surface area contributed by atoms with Crippen LogP contribution in [0.4, 0.5) is 0 Å². The van der Waals surface area contributed by atoms with E-state index < -0.39 is 0 Å². The molecular formula is C25H23N5OS. The van der Waals surface area contributed by atoms with Crippen molar-refractivity contribution in [2.75, 3.05) is 0 Å². The van der Waals surface area contributed by atoms with E-state index >= 15 is 0 Å². The fourth-order valence-corrected chi connectivity index (χ4v) is 4.91. The molecule has 1 atom stereocenters. The molecular weight excluding hydrogens is 418 g/mol. The van der Waals surface area contributed by atoms with Gasteiger partial charge in [-0.15, -0.1) is 11.3 Å². The van der Waals surface area contributed by atoms with Gasteiger partial charge in [0.25, 0.3) is 0 Å². The molecule has 1 unspecified atom stereocenters. The number of carbonyl (C=O) groups is 1. The maximum atomic E-state index is 13.0. The molecule has 0 aliphatic heterocycles. The predicted molar refractivity (Wildman–Crippen MR) is 127 cm³/mol. The number of aryl methyl sites for hydroxylation is 2. The van der Waals surface area contributed by atoms with Gasteiger partial charge in [-0.1, -0.05) is 36.4 Å². The van der Waals surface area contributed by atoms with Crippen LogP contribution >= 0.6 is 11.3 Å². The first-order valence-electron chi connectivity index (χ1n) is 10.5. The van der Waals surface area contributed by atoms with Crippen LogP contribution in [0.1, 0.15) is 34.3 Å². The van der Waals surface area contributed by atoms with E-state index in [1.165, 1.54) is 0 Å². The lowest BCUT2D eigenvalue weighted by Crippen LogP contribution is -2.30. The lowest BCUT2D eigenvalue weighted by molar-refractivity contribution is -0.121. The number of hydrogen-bond acceptors (Lipinski definition) is 4. The third-order valence-corrected chi connectivity index (χ3v) is 6.43. The molecule has 32 heavy (non-hydrogen) atoms. The average molecular weight is 442 g/mol. The van der Waals surface area contributed by atoms with E-state index in [0.29, 0.717) is 0 Å². The zero-order valence-electron chi connectivity index (χ0n) is 17.9. The number of imidazole rings is 1. The van der Waals surface area contributed by atoms with E-state index in [-0.39, 0.29) is 18.4 Å². The number of aromatic nitrogens is 4. The number of amides is 1. The highest BCUT2D eigenvalue weighted by atomic mass is 32.1. The summed E-state index contributed by atoms with van der Waals surface area (Å²) in [5.74, 6) is -0.0682. The molecule has 1 amide bonds. The Labute approximate surface area is 190 Å². The lowest BCUT2D eigenvalue weighted by atomic mass is 9.98. The molecule has 2 N–H and O–H groups in total. The van der Waals surface area contributed by atoms with E-state index in [1.54, 1.807) is 17.7 Å². The number of thiazole rings is 1. The summed E-state index contributed by atoms with van der Waals surface area (Å²) >= 11 is 1.55. The zero-order valence-corrected chi connectivity index (χ0v) is 18.7. The number of nitrogens with one attached hydrogen (secondary N) is 2. The van der Waals surface area contributed by atoms with Gasteiger partial charge in [0.05, 0.1) is 35.5 Å². The minimum atomic E-state index is -0.261. The summed E-state index contributed by atoms with van der Waals surface area (Å²) in [6.45, 7) is 4.11. The first-order valence-corrected chi connectivity index (χ1v) is 11.3. The molecule has 160 valence electrons. The number of H-pyrrole nitrogens is 1. The van der Waals surface area contributed by atoms with Gasteiger partial charge in [0.15, 0.2) is 5.13 Å². The van der Waals surface area contributed by atoms with Crippen LogP contribution in [0, 0.1) is 13.8 Å². The fourth-order valence-electron chi connectivity index (χ4n) is 3.96. The second-order valence-electron chi connectivity index (χ2n) is 7.84. The van der Waals surface area contributed by atoms with Gasteiger partial charge in [0.2, 0.25) is 5.91 Å². The monoisotopic (exact) mass is 441 g/mol. The van der Waals surface area contributed by atoms with Crippen molar-refractivity contribution in [3.05, 3.63) is 101 Å². The van der Waals surface area contributed by atoms with Gasteiger partial charge < -0.3 is 10.3 Å². The summed E-state index contributed by atoms with van der Waals surface area (Å²) in [6.07, 6.45) is 1.91. The van der Waals surface area contributed by atoms with E-state index in [9.17, 15) is 4.79 Å². The molecule has 0 saturated carbocycles. The van der Waals surface area contributed by atoms with E-state index in [2.05, 4.69) is 45.8 Å². The van der Waals surface area contributed by atoms with Crippen molar-refractivity contribution in [1.82, 2.24) is 24.8 Å².